The van der Waals surface area contributed by atoms with Crippen LogP contribution in [0.1, 0.15) is 45.4 Å². The maximum absolute atomic E-state index is 11.1. The lowest BCUT2D eigenvalue weighted by Gasteiger charge is -2.11. The fraction of sp³-hybridized carbons (Fsp3) is 0.750. The SMILES string of the molecule is C1CSSC1.CCCCC(=O)ON1C(=O)CCC1=O. The van der Waals surface area contributed by atoms with E-state index in [0.29, 0.717) is 11.5 Å². The molecule has 0 aromatic rings. The number of nitrogens with zero attached hydrogens (tertiary/aromatic N) is 1. The molecule has 0 radical (unpaired) electrons. The van der Waals surface area contributed by atoms with E-state index in [-0.39, 0.29) is 19.3 Å². The lowest BCUT2D eigenvalue weighted by Crippen LogP contribution is -2.31. The third-order valence-corrected chi connectivity index (χ3v) is 5.05. The highest BCUT2D eigenvalue weighted by Crippen LogP contribution is 2.29. The van der Waals surface area contributed by atoms with Crippen LogP contribution in [-0.2, 0) is 19.2 Å². The summed E-state index contributed by atoms with van der Waals surface area (Å²) in [6, 6.07) is 0. The molecule has 0 saturated carbocycles. The normalized spacial score (nSPS) is 18.3. The quantitative estimate of drug-likeness (QED) is 0.587. The summed E-state index contributed by atoms with van der Waals surface area (Å²) in [6.07, 6.45) is 3.52. The van der Waals surface area contributed by atoms with Crippen LogP contribution >= 0.6 is 21.6 Å². The molecule has 0 N–H and O–H groups in total. The first kappa shape index (κ1) is 16.4. The molecule has 0 aromatic carbocycles. The predicted molar refractivity (Wildman–Crippen MR) is 76.2 cm³/mol. The molecule has 5 nitrogen and oxygen atoms in total. The Kier molecular flexibility index (Phi) is 7.97. The van der Waals surface area contributed by atoms with Gasteiger partial charge in [-0.05, 0) is 12.8 Å². The Morgan fingerprint density at radius 3 is 2.21 bits per heavy atom. The van der Waals surface area contributed by atoms with Crippen molar-refractivity contribution in [2.24, 2.45) is 0 Å². The number of hydrogen-bond donors (Lipinski definition) is 0. The van der Waals surface area contributed by atoms with Gasteiger partial charge < -0.3 is 4.84 Å². The van der Waals surface area contributed by atoms with Gasteiger partial charge in [0.25, 0.3) is 11.8 Å². The van der Waals surface area contributed by atoms with Crippen LogP contribution in [0.3, 0.4) is 0 Å². The van der Waals surface area contributed by atoms with E-state index in [1.165, 1.54) is 17.9 Å². The first-order valence-corrected chi connectivity index (χ1v) is 8.95. The van der Waals surface area contributed by atoms with E-state index in [2.05, 4.69) is 4.84 Å². The Balaban J connectivity index is 0.000000300. The maximum atomic E-state index is 11.1. The molecule has 0 bridgehead atoms. The van der Waals surface area contributed by atoms with Crippen molar-refractivity contribution >= 4 is 39.4 Å². The van der Waals surface area contributed by atoms with Gasteiger partial charge in [0.05, 0.1) is 0 Å². The van der Waals surface area contributed by atoms with Crippen molar-refractivity contribution in [2.75, 3.05) is 11.5 Å². The van der Waals surface area contributed by atoms with Crippen molar-refractivity contribution < 1.29 is 19.2 Å². The standard InChI is InChI=1S/C9H13NO4.C3H6S2/c1-2-3-4-9(13)14-10-7(11)5-6-8(10)12;1-2-4-5-3-1/h2-6H2,1H3;1-3H2. The van der Waals surface area contributed by atoms with Crippen LogP contribution in [0.2, 0.25) is 0 Å². The summed E-state index contributed by atoms with van der Waals surface area (Å²) < 4.78 is 0. The second-order valence-corrected chi connectivity index (χ2v) is 6.85. The molecule has 2 fully saturated rings. The smallest absolute Gasteiger partial charge is 0.330 e. The van der Waals surface area contributed by atoms with Crippen molar-refractivity contribution in [3.63, 3.8) is 0 Å². The van der Waals surface area contributed by atoms with Crippen molar-refractivity contribution in [2.45, 2.75) is 45.4 Å². The maximum Gasteiger partial charge on any atom is 0.333 e. The number of carbonyl (C=O) groups excluding carboxylic acids is 3. The molecule has 0 aliphatic carbocycles. The molecule has 7 heteroatoms. The molecule has 2 aliphatic heterocycles. The number of imide groups is 1. The van der Waals surface area contributed by atoms with Gasteiger partial charge in [-0.3, -0.25) is 9.59 Å². The Hall–Kier alpha value is -0.690. The third-order valence-electron chi connectivity index (χ3n) is 2.47. The van der Waals surface area contributed by atoms with Crippen LogP contribution in [0, 0.1) is 0 Å². The highest BCUT2D eigenvalue weighted by Gasteiger charge is 2.32. The topological polar surface area (TPSA) is 63.7 Å². The number of carbonyl (C=O) groups is 3. The van der Waals surface area contributed by atoms with Gasteiger partial charge >= 0.3 is 5.97 Å². The van der Waals surface area contributed by atoms with Gasteiger partial charge in [0.1, 0.15) is 0 Å². The van der Waals surface area contributed by atoms with Crippen molar-refractivity contribution in [1.82, 2.24) is 5.06 Å². The highest BCUT2D eigenvalue weighted by atomic mass is 33.1. The predicted octanol–water partition coefficient (Wildman–Crippen LogP) is 2.56. The average molecular weight is 305 g/mol. The van der Waals surface area contributed by atoms with E-state index in [9.17, 15) is 14.4 Å². The summed E-state index contributed by atoms with van der Waals surface area (Å²) in [7, 11) is 3.98. The van der Waals surface area contributed by atoms with Gasteiger partial charge in [-0.2, -0.15) is 0 Å². The van der Waals surface area contributed by atoms with Crippen molar-refractivity contribution in [1.29, 1.82) is 0 Å². The largest absolute Gasteiger partial charge is 0.333 e. The summed E-state index contributed by atoms with van der Waals surface area (Å²) in [4.78, 5) is 37.8. The Morgan fingerprint density at radius 1 is 1.21 bits per heavy atom. The summed E-state index contributed by atoms with van der Waals surface area (Å²) in [5.41, 5.74) is 0. The minimum Gasteiger partial charge on any atom is -0.330 e. The molecule has 2 rings (SSSR count). The molecule has 0 atom stereocenters. The molecule has 2 aliphatic rings. The first-order valence-electron chi connectivity index (χ1n) is 6.46. The minimum atomic E-state index is -0.518. The van der Waals surface area contributed by atoms with Crippen LogP contribution in [0.25, 0.3) is 0 Å². The number of unbranched alkanes of at least 4 members (excludes halogenated alkanes) is 1. The van der Waals surface area contributed by atoms with E-state index in [1.54, 1.807) is 0 Å². The minimum absolute atomic E-state index is 0.139. The van der Waals surface area contributed by atoms with Gasteiger partial charge in [0.2, 0.25) is 0 Å². The molecule has 2 saturated heterocycles. The highest BCUT2D eigenvalue weighted by molar-refractivity contribution is 8.77. The second kappa shape index (κ2) is 9.25. The van der Waals surface area contributed by atoms with E-state index in [1.807, 2.05) is 28.5 Å². The lowest BCUT2D eigenvalue weighted by atomic mass is 10.3. The van der Waals surface area contributed by atoms with Crippen molar-refractivity contribution in [3.8, 4) is 0 Å². The van der Waals surface area contributed by atoms with E-state index < -0.39 is 17.8 Å². The molecule has 2 amide bonds. The van der Waals surface area contributed by atoms with Gasteiger partial charge in [-0.1, -0.05) is 34.9 Å². The molecule has 108 valence electrons. The van der Waals surface area contributed by atoms with Gasteiger partial charge in [-0.25, -0.2) is 4.79 Å². The lowest BCUT2D eigenvalue weighted by molar-refractivity contribution is -0.197. The number of amides is 2. The van der Waals surface area contributed by atoms with Crippen LogP contribution in [0.5, 0.6) is 0 Å². The van der Waals surface area contributed by atoms with E-state index in [0.717, 1.165) is 6.42 Å². The van der Waals surface area contributed by atoms with Crippen LogP contribution in [0.15, 0.2) is 0 Å². The first-order chi connectivity index (χ1) is 9.15. The Morgan fingerprint density at radius 2 is 1.79 bits per heavy atom. The third kappa shape index (κ3) is 6.33. The number of hydrogen-bond acceptors (Lipinski definition) is 6. The van der Waals surface area contributed by atoms with Crippen LogP contribution < -0.4 is 0 Å². The zero-order valence-corrected chi connectivity index (χ0v) is 12.7. The molecular weight excluding hydrogens is 286 g/mol. The molecule has 2 heterocycles. The fourth-order valence-corrected chi connectivity index (χ4v) is 3.78. The zero-order valence-electron chi connectivity index (χ0n) is 11.1. The van der Waals surface area contributed by atoms with Crippen molar-refractivity contribution in [3.05, 3.63) is 0 Å². The van der Waals surface area contributed by atoms with E-state index in [4.69, 9.17) is 0 Å². The zero-order chi connectivity index (χ0) is 14.1. The average Bonchev–Trinajstić information content (AvgIpc) is 3.05. The van der Waals surface area contributed by atoms with Gasteiger partial charge in [0, 0.05) is 30.8 Å². The molecule has 0 aromatic heterocycles. The summed E-state index contributed by atoms with van der Waals surface area (Å²) in [6.45, 7) is 1.94. The van der Waals surface area contributed by atoms with Gasteiger partial charge in [0.15, 0.2) is 0 Å². The summed E-state index contributed by atoms with van der Waals surface area (Å²) in [5, 5.41) is 0.581. The van der Waals surface area contributed by atoms with Crippen LogP contribution in [-0.4, -0.2) is 34.4 Å². The monoisotopic (exact) mass is 305 g/mol. The number of hydroxylamine groups is 2. The van der Waals surface area contributed by atoms with Crippen LogP contribution in [0.4, 0.5) is 0 Å². The molecular formula is C12H19NO4S2. The molecule has 19 heavy (non-hydrogen) atoms. The Bertz CT molecular complexity index is 308. The Labute approximate surface area is 121 Å². The molecule has 0 unspecified atom stereocenters. The number of rotatable bonds is 4. The van der Waals surface area contributed by atoms with Gasteiger partial charge in [-0.15, -0.1) is 5.06 Å². The summed E-state index contributed by atoms with van der Waals surface area (Å²) >= 11 is 0. The van der Waals surface area contributed by atoms with E-state index >= 15 is 0 Å². The second-order valence-electron chi connectivity index (χ2n) is 4.15. The summed E-state index contributed by atoms with van der Waals surface area (Å²) in [5.74, 6) is 1.38. The molecule has 0 spiro atoms. The fourth-order valence-electron chi connectivity index (χ4n) is 1.42.